The van der Waals surface area contributed by atoms with Crippen molar-refractivity contribution in [2.45, 2.75) is 52.4 Å². The maximum atomic E-state index is 7.15. The van der Waals surface area contributed by atoms with Gasteiger partial charge in [-0.1, -0.05) is 114 Å². The minimum Gasteiger partial charge on any atom is -0.352 e. The van der Waals surface area contributed by atoms with Crippen LogP contribution in [0.4, 0.5) is 0 Å². The Hall–Kier alpha value is -1.64. The quantitative estimate of drug-likeness (QED) is 0.317. The Morgan fingerprint density at radius 3 is 1.41 bits per heavy atom. The fourth-order valence-corrected chi connectivity index (χ4v) is 3.36. The van der Waals surface area contributed by atoms with Crippen molar-refractivity contribution in [3.8, 4) is 22.3 Å². The average Bonchev–Trinajstić information content (AvgIpc) is 2.74. The first-order valence-electron chi connectivity index (χ1n) is 10.4. The van der Waals surface area contributed by atoms with E-state index in [1.807, 2.05) is 0 Å². The molecule has 0 fully saturated rings. The molecule has 0 atom stereocenters. The van der Waals surface area contributed by atoms with Crippen LogP contribution in [-0.2, 0) is 10.8 Å². The third-order valence-electron chi connectivity index (χ3n) is 5.00. The van der Waals surface area contributed by atoms with Crippen LogP contribution in [0, 0.1) is 0 Å². The smallest absolute Gasteiger partial charge is 0.149 e. The second-order valence-electron chi connectivity index (χ2n) is 9.40. The summed E-state index contributed by atoms with van der Waals surface area (Å²) < 4.78 is 0. The molecule has 0 amide bonds. The van der Waals surface area contributed by atoms with Crippen LogP contribution in [0.1, 0.15) is 52.7 Å². The van der Waals surface area contributed by atoms with Crippen LogP contribution in [0.2, 0.25) is 0 Å². The molecule has 3 aromatic rings. The number of hydrogen-bond donors (Lipinski definition) is 4. The van der Waals surface area contributed by atoms with Crippen LogP contribution < -0.4 is 0 Å². The molecule has 174 valence electrons. The lowest BCUT2D eigenvalue weighted by atomic mass is 9.77. The second kappa shape index (κ2) is 13.2. The molecule has 0 bridgehead atoms. The molecular weight excluding hydrogens is 438 g/mol. The Morgan fingerprint density at radius 2 is 0.969 bits per heavy atom. The molecule has 6 heteroatoms. The first kappa shape index (κ1) is 28.4. The fourth-order valence-electron chi connectivity index (χ4n) is 3.36. The van der Waals surface area contributed by atoms with Gasteiger partial charge in [0, 0.05) is 0 Å². The molecule has 0 aliphatic heterocycles. The van der Waals surface area contributed by atoms with E-state index in [9.17, 15) is 0 Å². The first-order valence-corrected chi connectivity index (χ1v) is 12.2. The highest BCUT2D eigenvalue weighted by Gasteiger charge is 2.22. The van der Waals surface area contributed by atoms with E-state index in [2.05, 4.69) is 114 Å². The summed E-state index contributed by atoms with van der Waals surface area (Å²) in [4.78, 5) is 28.6. The molecule has 0 heterocycles. The summed E-state index contributed by atoms with van der Waals surface area (Å²) in [5.74, 6) is 0. The highest BCUT2D eigenvalue weighted by Crippen LogP contribution is 2.37. The standard InChI is InChI=1S/C26H30.2H3O2P/c1-25(2,3)22-16-17-23(24(18-22)26(4,5)6)21-14-12-20(13-15-21)19-10-8-7-9-11-19;2*1-3-2/h7-18H,1-6H3;2*1-3H. The van der Waals surface area contributed by atoms with Gasteiger partial charge in [-0.3, -0.25) is 0 Å². The lowest BCUT2D eigenvalue weighted by Crippen LogP contribution is -2.17. The predicted octanol–water partition coefficient (Wildman–Crippen LogP) is 6.57. The molecule has 32 heavy (non-hydrogen) atoms. The van der Waals surface area contributed by atoms with Crippen LogP contribution in [0.25, 0.3) is 22.3 Å². The normalized spacial score (nSPS) is 11.1. The van der Waals surface area contributed by atoms with Crippen LogP contribution in [-0.4, -0.2) is 19.6 Å². The lowest BCUT2D eigenvalue weighted by Gasteiger charge is -2.27. The van der Waals surface area contributed by atoms with Crippen LogP contribution in [0.15, 0.2) is 72.8 Å². The topological polar surface area (TPSA) is 80.9 Å². The van der Waals surface area contributed by atoms with Crippen molar-refractivity contribution in [3.63, 3.8) is 0 Å². The molecule has 3 aromatic carbocycles. The number of hydrogen-bond acceptors (Lipinski definition) is 4. The zero-order chi connectivity index (χ0) is 24.4. The van der Waals surface area contributed by atoms with Gasteiger partial charge in [0.15, 0.2) is 0 Å². The summed E-state index contributed by atoms with van der Waals surface area (Å²) in [5, 5.41) is 0. The van der Waals surface area contributed by atoms with Gasteiger partial charge >= 0.3 is 0 Å². The van der Waals surface area contributed by atoms with Crippen molar-refractivity contribution in [2.75, 3.05) is 0 Å². The average molecular weight is 475 g/mol. The van der Waals surface area contributed by atoms with Crippen LogP contribution >= 0.6 is 18.1 Å². The molecule has 0 spiro atoms. The molecule has 4 N–H and O–H groups in total. The third kappa shape index (κ3) is 8.71. The van der Waals surface area contributed by atoms with E-state index >= 15 is 0 Å². The van der Waals surface area contributed by atoms with Crippen molar-refractivity contribution in [2.24, 2.45) is 0 Å². The largest absolute Gasteiger partial charge is 0.352 e. The van der Waals surface area contributed by atoms with Crippen LogP contribution in [0.3, 0.4) is 0 Å². The number of benzene rings is 3. The summed E-state index contributed by atoms with van der Waals surface area (Å²) in [6.45, 7) is 13.7. The zero-order valence-corrected chi connectivity index (χ0v) is 21.7. The van der Waals surface area contributed by atoms with Gasteiger partial charge in [0.25, 0.3) is 0 Å². The lowest BCUT2D eigenvalue weighted by molar-refractivity contribution is 0.511. The van der Waals surface area contributed by atoms with Gasteiger partial charge in [-0.05, 0) is 44.2 Å². The molecule has 0 aromatic heterocycles. The molecular formula is C26H36O4P2. The van der Waals surface area contributed by atoms with E-state index in [-0.39, 0.29) is 10.8 Å². The first-order chi connectivity index (χ1) is 15.0. The molecule has 0 aliphatic rings. The maximum absolute atomic E-state index is 7.15. The molecule has 4 nitrogen and oxygen atoms in total. The van der Waals surface area contributed by atoms with Gasteiger partial charge < -0.3 is 19.6 Å². The van der Waals surface area contributed by atoms with E-state index in [0.717, 1.165) is 0 Å². The van der Waals surface area contributed by atoms with Gasteiger partial charge in [0.05, 0.1) is 0 Å². The van der Waals surface area contributed by atoms with E-state index in [0.29, 0.717) is 0 Å². The van der Waals surface area contributed by atoms with Gasteiger partial charge in [-0.25, -0.2) is 0 Å². The Balaban J connectivity index is 0.000000769. The van der Waals surface area contributed by atoms with Gasteiger partial charge in [0.1, 0.15) is 18.1 Å². The molecule has 3 rings (SSSR count). The van der Waals surface area contributed by atoms with E-state index in [4.69, 9.17) is 19.6 Å². The highest BCUT2D eigenvalue weighted by molar-refractivity contribution is 7.23. The Bertz CT molecular complexity index is 927. The van der Waals surface area contributed by atoms with Crippen molar-refractivity contribution in [1.29, 1.82) is 0 Å². The monoisotopic (exact) mass is 474 g/mol. The predicted molar refractivity (Wildman–Crippen MR) is 140 cm³/mol. The molecule has 0 saturated heterocycles. The second-order valence-corrected chi connectivity index (χ2v) is 9.80. The van der Waals surface area contributed by atoms with E-state index in [1.54, 1.807) is 0 Å². The van der Waals surface area contributed by atoms with E-state index in [1.165, 1.54) is 33.4 Å². The molecule has 0 saturated carbocycles. The molecule has 0 aliphatic carbocycles. The Morgan fingerprint density at radius 1 is 0.531 bits per heavy atom. The molecule has 0 radical (unpaired) electrons. The molecule has 0 unspecified atom stereocenters. The van der Waals surface area contributed by atoms with Crippen molar-refractivity contribution < 1.29 is 19.6 Å². The summed E-state index contributed by atoms with van der Waals surface area (Å²) >= 11 is 0. The summed E-state index contributed by atoms with van der Waals surface area (Å²) in [6, 6.07) is 26.5. The summed E-state index contributed by atoms with van der Waals surface area (Å²) in [7, 11) is -1.83. The summed E-state index contributed by atoms with van der Waals surface area (Å²) in [6.07, 6.45) is 0. The third-order valence-corrected chi connectivity index (χ3v) is 5.00. The fraction of sp³-hybridized carbons (Fsp3) is 0.308. The minimum atomic E-state index is -0.917. The maximum Gasteiger partial charge on any atom is 0.149 e. The van der Waals surface area contributed by atoms with Crippen molar-refractivity contribution in [3.05, 3.63) is 83.9 Å². The highest BCUT2D eigenvalue weighted by atomic mass is 31.1. The Labute approximate surface area is 196 Å². The minimum absolute atomic E-state index is 0.106. The van der Waals surface area contributed by atoms with Gasteiger partial charge in [0.2, 0.25) is 0 Å². The zero-order valence-electron chi connectivity index (χ0n) is 19.7. The van der Waals surface area contributed by atoms with Crippen molar-refractivity contribution in [1.82, 2.24) is 0 Å². The van der Waals surface area contributed by atoms with E-state index < -0.39 is 18.1 Å². The van der Waals surface area contributed by atoms with Gasteiger partial charge in [-0.15, -0.1) is 0 Å². The summed E-state index contributed by atoms with van der Waals surface area (Å²) in [5.41, 5.74) is 8.23. The number of rotatable bonds is 2. The Kier molecular flexibility index (Phi) is 11.7. The van der Waals surface area contributed by atoms with Crippen LogP contribution in [0.5, 0.6) is 0 Å². The SMILES string of the molecule is CC(C)(C)c1ccc(-c2ccc(-c3ccccc3)cc2)c(C(C)(C)C)c1.OPO.OPO. The van der Waals surface area contributed by atoms with Crippen molar-refractivity contribution >= 4 is 18.1 Å². The van der Waals surface area contributed by atoms with Gasteiger partial charge in [-0.2, -0.15) is 0 Å².